The molecule has 1 atom stereocenters. The van der Waals surface area contributed by atoms with Gasteiger partial charge in [-0.05, 0) is 30.0 Å². The fourth-order valence-electron chi connectivity index (χ4n) is 1.56. The van der Waals surface area contributed by atoms with Gasteiger partial charge in [-0.25, -0.2) is 0 Å². The zero-order valence-electron chi connectivity index (χ0n) is 9.29. The Labute approximate surface area is 95.5 Å². The fraction of sp³-hybridized carbons (Fsp3) is 0.500. The summed E-state index contributed by atoms with van der Waals surface area (Å²) in [5.74, 6) is 0.357. The second-order valence-corrected chi connectivity index (χ2v) is 4.45. The molecule has 15 heavy (non-hydrogen) atoms. The Morgan fingerprint density at radius 2 is 1.80 bits per heavy atom. The summed E-state index contributed by atoms with van der Waals surface area (Å²) in [5.41, 5.74) is 1.30. The highest BCUT2D eigenvalue weighted by atomic mass is 35.5. The third kappa shape index (κ3) is 2.64. The molecule has 0 aliphatic heterocycles. The molecule has 0 aromatic heterocycles. The number of hydrogen-bond acceptors (Lipinski definition) is 2. The molecule has 2 nitrogen and oxygen atoms in total. The first-order chi connectivity index (χ1) is 6.97. The molecule has 0 heterocycles. The topological polar surface area (TPSA) is 40.5 Å². The Morgan fingerprint density at radius 3 is 2.27 bits per heavy atom. The maximum atomic E-state index is 9.97. The van der Waals surface area contributed by atoms with Gasteiger partial charge >= 0.3 is 0 Å². The molecule has 0 saturated heterocycles. The van der Waals surface area contributed by atoms with Gasteiger partial charge in [-0.1, -0.05) is 32.4 Å². The molecule has 1 unspecified atom stereocenters. The van der Waals surface area contributed by atoms with Crippen LogP contribution in [0.25, 0.3) is 0 Å². The molecule has 0 amide bonds. The number of phenols is 1. The van der Waals surface area contributed by atoms with Crippen molar-refractivity contribution in [3.8, 4) is 5.75 Å². The van der Waals surface area contributed by atoms with E-state index >= 15 is 0 Å². The number of aliphatic hydroxyl groups is 1. The van der Waals surface area contributed by atoms with Gasteiger partial charge in [0.25, 0.3) is 0 Å². The van der Waals surface area contributed by atoms with Gasteiger partial charge in [0.15, 0.2) is 0 Å². The van der Waals surface area contributed by atoms with Crippen molar-refractivity contribution < 1.29 is 10.2 Å². The molecule has 0 saturated carbocycles. The maximum absolute atomic E-state index is 9.97. The van der Waals surface area contributed by atoms with Gasteiger partial charge in [0, 0.05) is 10.6 Å². The third-order valence-corrected chi connectivity index (χ3v) is 2.72. The lowest BCUT2D eigenvalue weighted by atomic mass is 9.96. The molecule has 0 aliphatic carbocycles. The summed E-state index contributed by atoms with van der Waals surface area (Å²) in [5, 5.41) is 20.2. The second kappa shape index (κ2) is 4.86. The summed E-state index contributed by atoms with van der Waals surface area (Å²) in [6.07, 6.45) is -0.0907. The van der Waals surface area contributed by atoms with Crippen LogP contribution in [-0.4, -0.2) is 10.2 Å². The summed E-state index contributed by atoms with van der Waals surface area (Å²) in [6.45, 7) is 5.82. The van der Waals surface area contributed by atoms with Crippen LogP contribution in [0, 0.1) is 0 Å². The lowest BCUT2D eigenvalue weighted by Crippen LogP contribution is -1.99. The van der Waals surface area contributed by atoms with Gasteiger partial charge in [-0.15, -0.1) is 0 Å². The van der Waals surface area contributed by atoms with E-state index in [0.717, 1.165) is 5.56 Å². The van der Waals surface area contributed by atoms with E-state index in [2.05, 4.69) is 0 Å². The predicted octanol–water partition coefficient (Wildman–Crippen LogP) is 3.61. The molecular formula is C12H17ClO2. The zero-order chi connectivity index (χ0) is 11.6. The SMILES string of the molecule is CCC(O)c1cc(Cl)cc(C(C)C)c1O. The molecule has 84 valence electrons. The van der Waals surface area contributed by atoms with E-state index in [1.807, 2.05) is 20.8 Å². The van der Waals surface area contributed by atoms with Gasteiger partial charge in [0.1, 0.15) is 5.75 Å². The Balaban J connectivity index is 3.28. The Morgan fingerprint density at radius 1 is 1.27 bits per heavy atom. The molecule has 2 N–H and O–H groups in total. The van der Waals surface area contributed by atoms with E-state index in [4.69, 9.17) is 11.6 Å². The molecule has 1 aromatic rings. The van der Waals surface area contributed by atoms with E-state index < -0.39 is 6.10 Å². The van der Waals surface area contributed by atoms with E-state index in [1.54, 1.807) is 12.1 Å². The van der Waals surface area contributed by atoms with Crippen molar-refractivity contribution >= 4 is 11.6 Å². The van der Waals surface area contributed by atoms with Gasteiger partial charge in [0.2, 0.25) is 0 Å². The molecule has 1 rings (SSSR count). The number of phenolic OH excluding ortho intramolecular Hbond substituents is 1. The van der Waals surface area contributed by atoms with Crippen molar-refractivity contribution in [2.45, 2.75) is 39.2 Å². The average molecular weight is 229 g/mol. The van der Waals surface area contributed by atoms with E-state index in [0.29, 0.717) is 17.0 Å². The van der Waals surface area contributed by atoms with E-state index in [9.17, 15) is 10.2 Å². The van der Waals surface area contributed by atoms with Crippen molar-refractivity contribution in [3.63, 3.8) is 0 Å². The summed E-state index contributed by atoms with van der Waals surface area (Å²) in [7, 11) is 0. The van der Waals surface area contributed by atoms with E-state index in [-0.39, 0.29) is 11.7 Å². The molecule has 0 spiro atoms. The summed E-state index contributed by atoms with van der Waals surface area (Å²) in [6, 6.07) is 3.37. The summed E-state index contributed by atoms with van der Waals surface area (Å²) in [4.78, 5) is 0. The van der Waals surface area contributed by atoms with Crippen LogP contribution in [0.2, 0.25) is 5.02 Å². The standard InChI is InChI=1S/C12H17ClO2/c1-4-11(14)10-6-8(13)5-9(7(2)3)12(10)15/h5-7,11,14-15H,4H2,1-3H3. The molecule has 0 radical (unpaired) electrons. The highest BCUT2D eigenvalue weighted by Crippen LogP contribution is 2.36. The average Bonchev–Trinajstić information content (AvgIpc) is 2.19. The zero-order valence-corrected chi connectivity index (χ0v) is 10.0. The molecule has 3 heteroatoms. The molecular weight excluding hydrogens is 212 g/mol. The van der Waals surface area contributed by atoms with Crippen LogP contribution >= 0.6 is 11.6 Å². The Bertz CT molecular complexity index is 348. The molecule has 0 bridgehead atoms. The number of rotatable bonds is 3. The van der Waals surface area contributed by atoms with Crippen molar-refractivity contribution in [2.75, 3.05) is 0 Å². The molecule has 0 aliphatic rings. The van der Waals surface area contributed by atoms with Crippen molar-refractivity contribution in [1.29, 1.82) is 0 Å². The number of aliphatic hydroxyl groups excluding tert-OH is 1. The van der Waals surface area contributed by atoms with Crippen molar-refractivity contribution in [2.24, 2.45) is 0 Å². The number of halogens is 1. The van der Waals surface area contributed by atoms with Crippen LogP contribution < -0.4 is 0 Å². The van der Waals surface area contributed by atoms with Gasteiger partial charge < -0.3 is 10.2 Å². The monoisotopic (exact) mass is 228 g/mol. The van der Waals surface area contributed by atoms with Crippen LogP contribution in [0.3, 0.4) is 0 Å². The molecule has 0 fully saturated rings. The lowest BCUT2D eigenvalue weighted by molar-refractivity contribution is 0.169. The van der Waals surface area contributed by atoms with Crippen LogP contribution in [0.5, 0.6) is 5.75 Å². The van der Waals surface area contributed by atoms with Gasteiger partial charge in [-0.2, -0.15) is 0 Å². The largest absolute Gasteiger partial charge is 0.507 e. The van der Waals surface area contributed by atoms with E-state index in [1.165, 1.54) is 0 Å². The third-order valence-electron chi connectivity index (χ3n) is 2.50. The number of aromatic hydroxyl groups is 1. The van der Waals surface area contributed by atoms with Crippen LogP contribution in [-0.2, 0) is 0 Å². The minimum Gasteiger partial charge on any atom is -0.507 e. The van der Waals surface area contributed by atoms with Crippen LogP contribution in [0.4, 0.5) is 0 Å². The molecule has 1 aromatic carbocycles. The summed E-state index contributed by atoms with van der Waals surface area (Å²) >= 11 is 5.94. The highest BCUT2D eigenvalue weighted by Gasteiger charge is 2.16. The highest BCUT2D eigenvalue weighted by molar-refractivity contribution is 6.30. The van der Waals surface area contributed by atoms with Crippen molar-refractivity contribution in [1.82, 2.24) is 0 Å². The lowest BCUT2D eigenvalue weighted by Gasteiger charge is -2.16. The van der Waals surface area contributed by atoms with Gasteiger partial charge in [-0.3, -0.25) is 0 Å². The first-order valence-corrected chi connectivity index (χ1v) is 5.55. The number of hydrogen-bond donors (Lipinski definition) is 2. The Hall–Kier alpha value is -0.730. The minimum absolute atomic E-state index is 0.170. The fourth-order valence-corrected chi connectivity index (χ4v) is 1.79. The predicted molar refractivity (Wildman–Crippen MR) is 62.5 cm³/mol. The normalized spacial score (nSPS) is 13.2. The maximum Gasteiger partial charge on any atom is 0.124 e. The minimum atomic E-state index is -0.652. The van der Waals surface area contributed by atoms with Crippen molar-refractivity contribution in [3.05, 3.63) is 28.3 Å². The number of benzene rings is 1. The van der Waals surface area contributed by atoms with Crippen LogP contribution in [0.1, 0.15) is 50.3 Å². The first kappa shape index (κ1) is 12.3. The van der Waals surface area contributed by atoms with Crippen LogP contribution in [0.15, 0.2) is 12.1 Å². The first-order valence-electron chi connectivity index (χ1n) is 5.17. The second-order valence-electron chi connectivity index (χ2n) is 4.01. The summed E-state index contributed by atoms with van der Waals surface area (Å²) < 4.78 is 0. The smallest absolute Gasteiger partial charge is 0.124 e. The Kier molecular flexibility index (Phi) is 4.00. The quantitative estimate of drug-likeness (QED) is 0.830. The van der Waals surface area contributed by atoms with Gasteiger partial charge in [0.05, 0.1) is 6.10 Å².